The number of nitrogens with one attached hydrogen (secondary N) is 1. The van der Waals surface area contributed by atoms with Crippen LogP contribution in [0.5, 0.6) is 0 Å². The van der Waals surface area contributed by atoms with Gasteiger partial charge in [-0.15, -0.1) is 0 Å². The molecule has 5 heteroatoms. The largest absolute Gasteiger partial charge is 0.398 e. The van der Waals surface area contributed by atoms with Gasteiger partial charge in [-0.2, -0.15) is 0 Å². The van der Waals surface area contributed by atoms with Crippen molar-refractivity contribution >= 4 is 49.1 Å². The second kappa shape index (κ2) is 5.75. The summed E-state index contributed by atoms with van der Waals surface area (Å²) in [7, 11) is 0. The highest BCUT2D eigenvalue weighted by Gasteiger charge is 2.09. The zero-order chi connectivity index (χ0) is 14.0. The molecule has 0 unspecified atom stereocenters. The average molecular weight is 384 g/mol. The molecule has 2 aromatic rings. The van der Waals surface area contributed by atoms with Gasteiger partial charge in [0.2, 0.25) is 0 Å². The lowest BCUT2D eigenvalue weighted by molar-refractivity contribution is 0.102. The van der Waals surface area contributed by atoms with Crippen molar-refractivity contribution in [3.8, 4) is 0 Å². The Labute approximate surface area is 128 Å². The van der Waals surface area contributed by atoms with E-state index in [0.717, 1.165) is 15.7 Å². The second-order valence-electron chi connectivity index (χ2n) is 4.15. The Kier molecular flexibility index (Phi) is 4.27. The summed E-state index contributed by atoms with van der Waals surface area (Å²) in [5.41, 5.74) is 8.65. The fraction of sp³-hybridized carbons (Fsp3) is 0.0714. The number of aryl methyl sites for hydroxylation is 1. The molecule has 19 heavy (non-hydrogen) atoms. The van der Waals surface area contributed by atoms with E-state index < -0.39 is 0 Å². The molecule has 0 aliphatic carbocycles. The first-order chi connectivity index (χ1) is 8.97. The van der Waals surface area contributed by atoms with E-state index in [2.05, 4.69) is 37.2 Å². The molecular formula is C14H12Br2N2O. The Morgan fingerprint density at radius 3 is 2.58 bits per heavy atom. The van der Waals surface area contributed by atoms with Gasteiger partial charge >= 0.3 is 0 Å². The molecule has 98 valence electrons. The van der Waals surface area contributed by atoms with E-state index in [9.17, 15) is 4.79 Å². The first-order valence-corrected chi connectivity index (χ1v) is 7.18. The van der Waals surface area contributed by atoms with Gasteiger partial charge in [0, 0.05) is 25.9 Å². The fourth-order valence-electron chi connectivity index (χ4n) is 1.59. The van der Waals surface area contributed by atoms with Crippen molar-refractivity contribution in [2.45, 2.75) is 6.92 Å². The van der Waals surface area contributed by atoms with Crippen molar-refractivity contribution < 1.29 is 4.79 Å². The minimum atomic E-state index is -0.165. The molecule has 0 fully saturated rings. The molecule has 2 rings (SSSR count). The van der Waals surface area contributed by atoms with E-state index in [1.807, 2.05) is 25.1 Å². The summed E-state index contributed by atoms with van der Waals surface area (Å²) in [6, 6.07) is 10.9. The Bertz CT molecular complexity index is 641. The molecule has 1 amide bonds. The SMILES string of the molecule is Cc1ccc(Br)cc1NC(=O)c1ccc(N)c(Br)c1. The van der Waals surface area contributed by atoms with Gasteiger partial charge in [0.05, 0.1) is 0 Å². The third kappa shape index (κ3) is 3.36. The molecule has 0 bridgehead atoms. The Morgan fingerprint density at radius 2 is 1.89 bits per heavy atom. The number of hydrogen-bond acceptors (Lipinski definition) is 2. The van der Waals surface area contributed by atoms with Crippen LogP contribution >= 0.6 is 31.9 Å². The van der Waals surface area contributed by atoms with Crippen molar-refractivity contribution in [1.29, 1.82) is 0 Å². The Balaban J connectivity index is 2.25. The number of nitrogen functional groups attached to an aromatic ring is 1. The standard InChI is InChI=1S/C14H12Br2N2O/c1-8-2-4-10(15)7-13(8)18-14(19)9-3-5-12(17)11(16)6-9/h2-7H,17H2,1H3,(H,18,19). The highest BCUT2D eigenvalue weighted by molar-refractivity contribution is 9.10. The summed E-state index contributed by atoms with van der Waals surface area (Å²) < 4.78 is 1.64. The van der Waals surface area contributed by atoms with Crippen LogP contribution in [-0.4, -0.2) is 5.91 Å². The van der Waals surface area contributed by atoms with Gasteiger partial charge in [-0.05, 0) is 58.7 Å². The first-order valence-electron chi connectivity index (χ1n) is 5.60. The van der Waals surface area contributed by atoms with Crippen LogP contribution in [-0.2, 0) is 0 Å². The molecule has 0 spiro atoms. The summed E-state index contributed by atoms with van der Waals surface area (Å²) in [5, 5.41) is 2.88. The molecule has 0 saturated heterocycles. The van der Waals surface area contributed by atoms with Crippen LogP contribution in [0.2, 0.25) is 0 Å². The van der Waals surface area contributed by atoms with Crippen molar-refractivity contribution in [2.24, 2.45) is 0 Å². The molecule has 3 nitrogen and oxygen atoms in total. The number of hydrogen-bond donors (Lipinski definition) is 2. The maximum Gasteiger partial charge on any atom is 0.255 e. The number of nitrogens with two attached hydrogens (primary N) is 1. The van der Waals surface area contributed by atoms with Gasteiger partial charge in [0.15, 0.2) is 0 Å². The highest BCUT2D eigenvalue weighted by atomic mass is 79.9. The smallest absolute Gasteiger partial charge is 0.255 e. The molecule has 0 aromatic heterocycles. The monoisotopic (exact) mass is 382 g/mol. The minimum Gasteiger partial charge on any atom is -0.398 e. The number of halogens is 2. The molecule has 0 radical (unpaired) electrons. The van der Waals surface area contributed by atoms with Crippen LogP contribution in [0.4, 0.5) is 11.4 Å². The predicted molar refractivity (Wildman–Crippen MR) is 85.4 cm³/mol. The van der Waals surface area contributed by atoms with E-state index in [1.165, 1.54) is 0 Å². The fourth-order valence-corrected chi connectivity index (χ4v) is 2.33. The van der Waals surface area contributed by atoms with Crippen LogP contribution in [0.25, 0.3) is 0 Å². The summed E-state index contributed by atoms with van der Waals surface area (Å²) >= 11 is 6.70. The normalized spacial score (nSPS) is 10.3. The molecule has 0 saturated carbocycles. The number of carbonyl (C=O) groups is 1. The maximum absolute atomic E-state index is 12.2. The van der Waals surface area contributed by atoms with E-state index in [0.29, 0.717) is 15.7 Å². The molecule has 3 N–H and O–H groups in total. The van der Waals surface area contributed by atoms with Crippen LogP contribution in [0.15, 0.2) is 45.3 Å². The number of carbonyl (C=O) groups excluding carboxylic acids is 1. The Morgan fingerprint density at radius 1 is 1.16 bits per heavy atom. The van der Waals surface area contributed by atoms with Crippen LogP contribution < -0.4 is 11.1 Å². The van der Waals surface area contributed by atoms with Crippen LogP contribution in [0.3, 0.4) is 0 Å². The van der Waals surface area contributed by atoms with E-state index in [4.69, 9.17) is 5.73 Å². The van der Waals surface area contributed by atoms with Crippen molar-refractivity contribution in [2.75, 3.05) is 11.1 Å². The summed E-state index contributed by atoms with van der Waals surface area (Å²) in [4.78, 5) is 12.2. The van der Waals surface area contributed by atoms with Gasteiger partial charge in [0.25, 0.3) is 5.91 Å². The van der Waals surface area contributed by atoms with Crippen LogP contribution in [0.1, 0.15) is 15.9 Å². The van der Waals surface area contributed by atoms with Crippen molar-refractivity contribution in [3.05, 3.63) is 56.5 Å². The quantitative estimate of drug-likeness (QED) is 0.757. The average Bonchev–Trinajstić information content (AvgIpc) is 2.37. The first kappa shape index (κ1) is 14.1. The zero-order valence-corrected chi connectivity index (χ0v) is 13.4. The molecule has 0 heterocycles. The van der Waals surface area contributed by atoms with Gasteiger partial charge in [-0.1, -0.05) is 22.0 Å². The molecule has 0 aliphatic rings. The summed E-state index contributed by atoms with van der Waals surface area (Å²) in [5.74, 6) is -0.165. The van der Waals surface area contributed by atoms with Gasteiger partial charge < -0.3 is 11.1 Å². The van der Waals surface area contributed by atoms with Gasteiger partial charge in [0.1, 0.15) is 0 Å². The highest BCUT2D eigenvalue weighted by Crippen LogP contribution is 2.23. The number of amides is 1. The van der Waals surface area contributed by atoms with E-state index >= 15 is 0 Å². The van der Waals surface area contributed by atoms with E-state index in [1.54, 1.807) is 18.2 Å². The van der Waals surface area contributed by atoms with Crippen molar-refractivity contribution in [3.63, 3.8) is 0 Å². The number of rotatable bonds is 2. The third-order valence-electron chi connectivity index (χ3n) is 2.71. The van der Waals surface area contributed by atoms with Crippen LogP contribution in [0, 0.1) is 6.92 Å². The summed E-state index contributed by atoms with van der Waals surface area (Å²) in [6.07, 6.45) is 0. The third-order valence-corrected chi connectivity index (χ3v) is 3.89. The topological polar surface area (TPSA) is 55.1 Å². The second-order valence-corrected chi connectivity index (χ2v) is 5.92. The number of benzene rings is 2. The van der Waals surface area contributed by atoms with Gasteiger partial charge in [-0.3, -0.25) is 4.79 Å². The molecular weight excluding hydrogens is 372 g/mol. The lowest BCUT2D eigenvalue weighted by Crippen LogP contribution is -2.13. The van der Waals surface area contributed by atoms with E-state index in [-0.39, 0.29) is 5.91 Å². The maximum atomic E-state index is 12.2. The number of anilines is 2. The van der Waals surface area contributed by atoms with Crippen molar-refractivity contribution in [1.82, 2.24) is 0 Å². The predicted octanol–water partition coefficient (Wildman–Crippen LogP) is 4.35. The lowest BCUT2D eigenvalue weighted by atomic mass is 10.1. The summed E-state index contributed by atoms with van der Waals surface area (Å²) in [6.45, 7) is 1.95. The Hall–Kier alpha value is -1.33. The zero-order valence-electron chi connectivity index (χ0n) is 10.2. The minimum absolute atomic E-state index is 0.165. The molecule has 2 aromatic carbocycles. The lowest BCUT2D eigenvalue weighted by Gasteiger charge is -2.09. The van der Waals surface area contributed by atoms with Gasteiger partial charge in [-0.25, -0.2) is 0 Å². The molecule has 0 atom stereocenters. The molecule has 0 aliphatic heterocycles.